The van der Waals surface area contributed by atoms with E-state index in [-0.39, 0.29) is 0 Å². The van der Waals surface area contributed by atoms with Gasteiger partial charge in [0.1, 0.15) is 17.3 Å². The van der Waals surface area contributed by atoms with Gasteiger partial charge in [-0.2, -0.15) is 0 Å². The maximum atomic E-state index is 6.34. The number of anilines is 1. The number of aryl methyl sites for hydroxylation is 1. The van der Waals surface area contributed by atoms with Gasteiger partial charge in [0, 0.05) is 19.0 Å². The summed E-state index contributed by atoms with van der Waals surface area (Å²) in [4.78, 5) is 9.03. The number of hydrogen-bond acceptors (Lipinski definition) is 3. The van der Waals surface area contributed by atoms with Crippen molar-refractivity contribution >= 4 is 5.82 Å². The van der Waals surface area contributed by atoms with Gasteiger partial charge in [-0.1, -0.05) is 13.8 Å². The Hall–Kier alpha value is -1.78. The fraction of sp³-hybridized carbons (Fsp3) is 0.600. The van der Waals surface area contributed by atoms with E-state index >= 15 is 0 Å². The number of nitrogens with zero attached hydrogens (tertiary/aromatic N) is 4. The van der Waals surface area contributed by atoms with Crippen LogP contribution in [0.1, 0.15) is 52.4 Å². The zero-order chi connectivity index (χ0) is 14.7. The van der Waals surface area contributed by atoms with Crippen molar-refractivity contribution in [3.05, 3.63) is 18.3 Å². The number of nitrogens with two attached hydrogens (primary N) is 1. The molecule has 0 saturated carbocycles. The van der Waals surface area contributed by atoms with E-state index in [1.807, 2.05) is 12.5 Å². The maximum absolute atomic E-state index is 6.34. The normalized spacial score (nSPS) is 11.4. The summed E-state index contributed by atoms with van der Waals surface area (Å²) < 4.78 is 4.27. The monoisotopic (exact) mass is 275 g/mol. The van der Waals surface area contributed by atoms with Crippen LogP contribution in [0.25, 0.3) is 11.4 Å². The Balaban J connectivity index is 2.51. The minimum atomic E-state index is 0.345. The van der Waals surface area contributed by atoms with E-state index in [4.69, 9.17) is 10.7 Å². The minimum Gasteiger partial charge on any atom is -0.383 e. The van der Waals surface area contributed by atoms with Gasteiger partial charge in [0.15, 0.2) is 0 Å². The van der Waals surface area contributed by atoms with Gasteiger partial charge in [-0.3, -0.25) is 0 Å². The minimum absolute atomic E-state index is 0.345. The van der Waals surface area contributed by atoms with Gasteiger partial charge in [-0.05, 0) is 26.7 Å². The molecular formula is C15H25N5. The number of nitrogen functional groups attached to an aromatic ring is 1. The van der Waals surface area contributed by atoms with Gasteiger partial charge in [0.05, 0.1) is 18.2 Å². The molecule has 0 unspecified atom stereocenters. The molecule has 5 heteroatoms. The average molecular weight is 275 g/mol. The van der Waals surface area contributed by atoms with Crippen LogP contribution < -0.4 is 5.73 Å². The molecule has 2 aromatic heterocycles. The summed E-state index contributed by atoms with van der Waals surface area (Å²) in [5.41, 5.74) is 8.21. The van der Waals surface area contributed by atoms with E-state index in [1.165, 1.54) is 0 Å². The lowest BCUT2D eigenvalue weighted by Crippen LogP contribution is -2.07. The van der Waals surface area contributed by atoms with E-state index in [2.05, 4.69) is 41.8 Å². The Bertz CT molecular complexity index is 565. The summed E-state index contributed by atoms with van der Waals surface area (Å²) in [7, 11) is 0. The first-order valence-electron chi connectivity index (χ1n) is 7.47. The van der Waals surface area contributed by atoms with Crippen molar-refractivity contribution in [2.24, 2.45) is 0 Å². The zero-order valence-electron chi connectivity index (χ0n) is 12.9. The topological polar surface area (TPSA) is 61.7 Å². The van der Waals surface area contributed by atoms with Crippen molar-refractivity contribution in [2.75, 3.05) is 5.73 Å². The molecule has 0 atom stereocenters. The highest BCUT2D eigenvalue weighted by Crippen LogP contribution is 2.28. The molecule has 2 rings (SSSR count). The Morgan fingerprint density at radius 2 is 2.00 bits per heavy atom. The van der Waals surface area contributed by atoms with E-state index in [0.29, 0.717) is 6.04 Å². The third kappa shape index (κ3) is 2.57. The van der Waals surface area contributed by atoms with Crippen LogP contribution in [0.2, 0.25) is 0 Å². The summed E-state index contributed by atoms with van der Waals surface area (Å²) in [5.74, 6) is 1.84. The Labute approximate surface area is 120 Å². The predicted molar refractivity (Wildman–Crippen MR) is 82.5 cm³/mol. The van der Waals surface area contributed by atoms with Gasteiger partial charge in [-0.15, -0.1) is 0 Å². The van der Waals surface area contributed by atoms with Crippen molar-refractivity contribution in [2.45, 2.75) is 59.5 Å². The molecule has 0 fully saturated rings. The molecule has 0 spiro atoms. The highest BCUT2D eigenvalue weighted by molar-refractivity contribution is 5.68. The van der Waals surface area contributed by atoms with Crippen LogP contribution in [0.15, 0.2) is 12.5 Å². The molecule has 2 aromatic rings. The van der Waals surface area contributed by atoms with Crippen molar-refractivity contribution in [1.82, 2.24) is 19.1 Å². The predicted octanol–water partition coefficient (Wildman–Crippen LogP) is 3.27. The molecule has 5 nitrogen and oxygen atoms in total. The van der Waals surface area contributed by atoms with E-state index in [0.717, 1.165) is 48.8 Å². The molecule has 0 aliphatic heterocycles. The lowest BCUT2D eigenvalue weighted by molar-refractivity contribution is 0.604. The number of rotatable bonds is 6. The summed E-state index contributed by atoms with van der Waals surface area (Å²) in [5, 5.41) is 0. The lowest BCUT2D eigenvalue weighted by Gasteiger charge is -2.11. The van der Waals surface area contributed by atoms with E-state index in [9.17, 15) is 0 Å². The van der Waals surface area contributed by atoms with Gasteiger partial charge < -0.3 is 14.9 Å². The van der Waals surface area contributed by atoms with Crippen LogP contribution in [0.5, 0.6) is 0 Å². The molecule has 0 aliphatic rings. The van der Waals surface area contributed by atoms with Crippen LogP contribution in [0.4, 0.5) is 5.82 Å². The van der Waals surface area contributed by atoms with Gasteiger partial charge in [0.25, 0.3) is 0 Å². The fourth-order valence-corrected chi connectivity index (χ4v) is 2.49. The van der Waals surface area contributed by atoms with E-state index < -0.39 is 0 Å². The first-order valence-corrected chi connectivity index (χ1v) is 7.47. The number of imidazole rings is 2. The fourth-order valence-electron chi connectivity index (χ4n) is 2.49. The van der Waals surface area contributed by atoms with Crippen molar-refractivity contribution < 1.29 is 0 Å². The van der Waals surface area contributed by atoms with Gasteiger partial charge >= 0.3 is 0 Å². The largest absolute Gasteiger partial charge is 0.383 e. The van der Waals surface area contributed by atoms with Crippen LogP contribution in [0.3, 0.4) is 0 Å². The second-order valence-electron chi connectivity index (χ2n) is 5.44. The maximum Gasteiger partial charge on any atom is 0.133 e. The zero-order valence-corrected chi connectivity index (χ0v) is 12.9. The second kappa shape index (κ2) is 6.11. The SMILES string of the molecule is CCCc1nc(-c2cncn2C(C)C)c(N)n1CCC. The van der Waals surface area contributed by atoms with Crippen LogP contribution in [0, 0.1) is 0 Å². The van der Waals surface area contributed by atoms with E-state index in [1.54, 1.807) is 0 Å². The van der Waals surface area contributed by atoms with Gasteiger partial charge in [0.2, 0.25) is 0 Å². The first kappa shape index (κ1) is 14.6. The molecule has 2 heterocycles. The van der Waals surface area contributed by atoms with Crippen LogP contribution in [-0.4, -0.2) is 19.1 Å². The van der Waals surface area contributed by atoms with Crippen molar-refractivity contribution in [3.63, 3.8) is 0 Å². The second-order valence-corrected chi connectivity index (χ2v) is 5.44. The molecule has 0 saturated heterocycles. The third-order valence-corrected chi connectivity index (χ3v) is 3.47. The Kier molecular flexibility index (Phi) is 4.47. The molecule has 0 bridgehead atoms. The number of aromatic nitrogens is 4. The molecule has 0 aliphatic carbocycles. The van der Waals surface area contributed by atoms with Crippen molar-refractivity contribution in [1.29, 1.82) is 0 Å². The molecule has 20 heavy (non-hydrogen) atoms. The summed E-state index contributed by atoms with van der Waals surface area (Å²) in [6.07, 6.45) is 6.78. The third-order valence-electron chi connectivity index (χ3n) is 3.47. The van der Waals surface area contributed by atoms with Gasteiger partial charge in [-0.25, -0.2) is 9.97 Å². The molecule has 2 N–H and O–H groups in total. The quantitative estimate of drug-likeness (QED) is 0.880. The highest BCUT2D eigenvalue weighted by atomic mass is 15.2. The Morgan fingerprint density at radius 1 is 1.25 bits per heavy atom. The van der Waals surface area contributed by atoms with Crippen LogP contribution >= 0.6 is 0 Å². The molecular weight excluding hydrogens is 250 g/mol. The summed E-state index contributed by atoms with van der Waals surface area (Å²) in [6.45, 7) is 9.52. The highest BCUT2D eigenvalue weighted by Gasteiger charge is 2.18. The Morgan fingerprint density at radius 3 is 2.60 bits per heavy atom. The summed E-state index contributed by atoms with van der Waals surface area (Å²) in [6, 6.07) is 0.345. The van der Waals surface area contributed by atoms with Crippen LogP contribution in [-0.2, 0) is 13.0 Å². The first-order chi connectivity index (χ1) is 9.60. The smallest absolute Gasteiger partial charge is 0.133 e. The lowest BCUT2D eigenvalue weighted by atomic mass is 10.3. The molecule has 0 aromatic carbocycles. The summed E-state index contributed by atoms with van der Waals surface area (Å²) >= 11 is 0. The molecule has 110 valence electrons. The van der Waals surface area contributed by atoms with Crippen molar-refractivity contribution in [3.8, 4) is 11.4 Å². The molecule has 0 amide bonds. The average Bonchev–Trinajstić information content (AvgIpc) is 2.98. The molecule has 0 radical (unpaired) electrons. The standard InChI is InChI=1S/C15H25N5/c1-5-7-13-18-14(15(16)19(13)8-6-2)12-9-17-10-20(12)11(3)4/h9-11H,5-8,16H2,1-4H3. The number of hydrogen-bond donors (Lipinski definition) is 1.